The van der Waals surface area contributed by atoms with Gasteiger partial charge in [0.25, 0.3) is 0 Å². The Morgan fingerprint density at radius 2 is 2.12 bits per heavy atom. The molecule has 2 rings (SSSR count). The van der Waals surface area contributed by atoms with E-state index in [2.05, 4.69) is 5.32 Å². The molecule has 1 fully saturated rings. The van der Waals surface area contributed by atoms with E-state index in [1.165, 1.54) is 6.07 Å². The van der Waals surface area contributed by atoms with Crippen LogP contribution in [0.25, 0.3) is 0 Å². The Hall–Kier alpha value is -2.02. The fourth-order valence-corrected chi connectivity index (χ4v) is 3.25. The van der Waals surface area contributed by atoms with Crippen LogP contribution in [0, 0.1) is 16.0 Å². The largest absolute Gasteiger partial charge is 0.444 e. The standard InChI is InChI=1S/C18H26ClN3O4.H2/c1-5-21(17(23)26-18(2,3)4)11-12-9-13(10-12)20-15-8-6-7-14(19)16(15)22(24)25;/h6-8,12-13,20H,5,9-11H2,1-4H3;1H. The van der Waals surface area contributed by atoms with Gasteiger partial charge >= 0.3 is 11.8 Å². The Bertz CT molecular complexity index is 675. The third-order valence-corrected chi connectivity index (χ3v) is 4.58. The van der Waals surface area contributed by atoms with Crippen molar-refractivity contribution >= 4 is 29.1 Å². The van der Waals surface area contributed by atoms with Crippen LogP contribution in [0.4, 0.5) is 16.2 Å². The smallest absolute Gasteiger partial charge is 0.410 e. The number of carbonyl (C=O) groups excluding carboxylic acids is 1. The van der Waals surface area contributed by atoms with Gasteiger partial charge in [-0.2, -0.15) is 0 Å². The number of halogens is 1. The Morgan fingerprint density at radius 1 is 1.46 bits per heavy atom. The average molecular weight is 386 g/mol. The highest BCUT2D eigenvalue weighted by molar-refractivity contribution is 6.33. The molecule has 0 heterocycles. The van der Waals surface area contributed by atoms with E-state index >= 15 is 0 Å². The van der Waals surface area contributed by atoms with Crippen molar-refractivity contribution < 1.29 is 15.9 Å². The molecule has 1 amide bonds. The normalized spacial score (nSPS) is 19.4. The molecule has 1 aliphatic carbocycles. The molecule has 0 unspecified atom stereocenters. The van der Waals surface area contributed by atoms with Crippen molar-refractivity contribution in [3.8, 4) is 0 Å². The topological polar surface area (TPSA) is 84.7 Å². The third kappa shape index (κ3) is 5.24. The van der Waals surface area contributed by atoms with Gasteiger partial charge in [-0.25, -0.2) is 4.79 Å². The fourth-order valence-electron chi connectivity index (χ4n) is 3.01. The first-order chi connectivity index (χ1) is 12.1. The zero-order chi connectivity index (χ0) is 19.5. The molecule has 0 bridgehead atoms. The molecule has 1 aliphatic rings. The van der Waals surface area contributed by atoms with Gasteiger partial charge in [0.05, 0.1) is 4.92 Å². The molecule has 0 radical (unpaired) electrons. The second-order valence-corrected chi connectivity index (χ2v) is 8.00. The van der Waals surface area contributed by atoms with Crippen LogP contribution in [0.15, 0.2) is 18.2 Å². The van der Waals surface area contributed by atoms with Gasteiger partial charge in [0.2, 0.25) is 0 Å². The molecule has 0 saturated heterocycles. The van der Waals surface area contributed by atoms with E-state index in [0.717, 1.165) is 12.8 Å². The van der Waals surface area contributed by atoms with Crippen LogP contribution in [0.2, 0.25) is 5.02 Å². The number of para-hydroxylation sites is 1. The monoisotopic (exact) mass is 385 g/mol. The number of hydrogen-bond donors (Lipinski definition) is 1. The predicted molar refractivity (Wildman–Crippen MR) is 104 cm³/mol. The molecule has 0 aromatic heterocycles. The molecule has 1 aromatic carbocycles. The van der Waals surface area contributed by atoms with E-state index in [4.69, 9.17) is 16.3 Å². The fraction of sp³-hybridized carbons (Fsp3) is 0.611. The van der Waals surface area contributed by atoms with Crippen molar-refractivity contribution in [1.82, 2.24) is 4.90 Å². The van der Waals surface area contributed by atoms with Crippen molar-refractivity contribution in [2.24, 2.45) is 5.92 Å². The number of amides is 1. The van der Waals surface area contributed by atoms with Gasteiger partial charge in [0.15, 0.2) is 0 Å². The van der Waals surface area contributed by atoms with Gasteiger partial charge in [-0.05, 0) is 58.6 Å². The molecule has 146 valence electrons. The van der Waals surface area contributed by atoms with Crippen LogP contribution in [-0.2, 0) is 4.74 Å². The molecular weight excluding hydrogens is 358 g/mol. The summed E-state index contributed by atoms with van der Waals surface area (Å²) in [5, 5.41) is 14.5. The van der Waals surface area contributed by atoms with Gasteiger partial charge < -0.3 is 15.0 Å². The highest BCUT2D eigenvalue weighted by Gasteiger charge is 2.34. The number of benzene rings is 1. The SMILES string of the molecule is CCN(CC1CC(Nc2cccc(Cl)c2[N+](=O)[O-])C1)C(=O)OC(C)(C)C.[HH]. The number of carbonyl (C=O) groups is 1. The number of nitrogens with one attached hydrogen (secondary N) is 1. The molecule has 7 nitrogen and oxygen atoms in total. The summed E-state index contributed by atoms with van der Waals surface area (Å²) in [6.45, 7) is 8.68. The van der Waals surface area contributed by atoms with Crippen LogP contribution in [0.5, 0.6) is 0 Å². The minimum atomic E-state index is -0.514. The van der Waals surface area contributed by atoms with E-state index in [1.54, 1.807) is 17.0 Å². The minimum absolute atomic E-state index is 0. The van der Waals surface area contributed by atoms with Crippen LogP contribution in [0.1, 0.15) is 42.0 Å². The summed E-state index contributed by atoms with van der Waals surface area (Å²) in [4.78, 5) is 24.6. The number of rotatable bonds is 6. The second-order valence-electron chi connectivity index (χ2n) is 7.59. The van der Waals surface area contributed by atoms with Crippen LogP contribution >= 0.6 is 11.6 Å². The Balaban J connectivity index is 0.00000364. The molecule has 1 aromatic rings. The highest BCUT2D eigenvalue weighted by Crippen LogP contribution is 2.37. The number of nitro benzene ring substituents is 1. The van der Waals surface area contributed by atoms with E-state index < -0.39 is 10.5 Å². The first-order valence-electron chi connectivity index (χ1n) is 8.78. The zero-order valence-corrected chi connectivity index (χ0v) is 16.4. The summed E-state index contributed by atoms with van der Waals surface area (Å²) in [5.74, 6) is 0.346. The van der Waals surface area contributed by atoms with Gasteiger partial charge in [0, 0.05) is 20.6 Å². The molecule has 0 atom stereocenters. The lowest BCUT2D eigenvalue weighted by atomic mass is 9.79. The first-order valence-corrected chi connectivity index (χ1v) is 9.16. The van der Waals surface area contributed by atoms with Gasteiger partial charge in [0.1, 0.15) is 16.3 Å². The zero-order valence-electron chi connectivity index (χ0n) is 15.6. The number of anilines is 1. The number of ether oxygens (including phenoxy) is 1. The molecule has 1 saturated carbocycles. The quantitative estimate of drug-likeness (QED) is 0.553. The molecular formula is C18H28ClN3O4. The molecule has 0 aliphatic heterocycles. The summed E-state index contributed by atoms with van der Waals surface area (Å²) in [6, 6.07) is 4.99. The second kappa shape index (κ2) is 8.12. The van der Waals surface area contributed by atoms with Gasteiger partial charge in [-0.3, -0.25) is 10.1 Å². The van der Waals surface area contributed by atoms with E-state index in [-0.39, 0.29) is 24.3 Å². The summed E-state index contributed by atoms with van der Waals surface area (Å²) in [6.07, 6.45) is 1.37. The predicted octanol–water partition coefficient (Wildman–Crippen LogP) is 4.94. The van der Waals surface area contributed by atoms with Crippen LogP contribution in [-0.4, -0.2) is 40.6 Å². The summed E-state index contributed by atoms with van der Waals surface area (Å²) in [7, 11) is 0. The minimum Gasteiger partial charge on any atom is -0.444 e. The van der Waals surface area contributed by atoms with E-state index in [1.807, 2.05) is 27.7 Å². The van der Waals surface area contributed by atoms with Crippen molar-refractivity contribution in [2.45, 2.75) is 52.2 Å². The lowest BCUT2D eigenvalue weighted by Gasteiger charge is -2.39. The van der Waals surface area contributed by atoms with Gasteiger partial charge in [-0.15, -0.1) is 0 Å². The number of nitrogens with zero attached hydrogens (tertiary/aromatic N) is 2. The van der Waals surface area contributed by atoms with Crippen LogP contribution in [0.3, 0.4) is 0 Å². The third-order valence-electron chi connectivity index (χ3n) is 4.28. The lowest BCUT2D eigenvalue weighted by Crippen LogP contribution is -2.45. The maximum atomic E-state index is 12.2. The molecule has 26 heavy (non-hydrogen) atoms. The summed E-state index contributed by atoms with van der Waals surface area (Å²) >= 11 is 5.93. The van der Waals surface area contributed by atoms with Gasteiger partial charge in [-0.1, -0.05) is 17.7 Å². The van der Waals surface area contributed by atoms with Crippen molar-refractivity contribution in [1.29, 1.82) is 0 Å². The number of hydrogen-bond acceptors (Lipinski definition) is 5. The van der Waals surface area contributed by atoms with E-state index in [0.29, 0.717) is 24.7 Å². The lowest BCUT2D eigenvalue weighted by molar-refractivity contribution is -0.383. The first kappa shape index (κ1) is 20.3. The Labute approximate surface area is 160 Å². The Kier molecular flexibility index (Phi) is 6.34. The molecule has 8 heteroatoms. The summed E-state index contributed by atoms with van der Waals surface area (Å²) < 4.78 is 5.42. The van der Waals surface area contributed by atoms with Crippen molar-refractivity contribution in [3.05, 3.63) is 33.3 Å². The van der Waals surface area contributed by atoms with Crippen molar-refractivity contribution in [3.63, 3.8) is 0 Å². The van der Waals surface area contributed by atoms with Crippen molar-refractivity contribution in [2.75, 3.05) is 18.4 Å². The maximum absolute atomic E-state index is 12.2. The molecule has 1 N–H and O–H groups in total. The Morgan fingerprint density at radius 3 is 2.65 bits per heavy atom. The summed E-state index contributed by atoms with van der Waals surface area (Å²) in [5.41, 5.74) is -0.174. The van der Waals surface area contributed by atoms with Crippen LogP contribution < -0.4 is 5.32 Å². The maximum Gasteiger partial charge on any atom is 0.410 e. The number of nitro groups is 1. The highest BCUT2D eigenvalue weighted by atomic mass is 35.5. The molecule has 0 spiro atoms. The van der Waals surface area contributed by atoms with E-state index in [9.17, 15) is 14.9 Å². The average Bonchev–Trinajstić information content (AvgIpc) is 2.47.